The molecule has 0 heterocycles. The Morgan fingerprint density at radius 1 is 1.04 bits per heavy atom. The summed E-state index contributed by atoms with van der Waals surface area (Å²) in [6.45, 7) is 0. The molecule has 1 N–H and O–H groups in total. The lowest BCUT2D eigenvalue weighted by atomic mass is 10.1. The smallest absolute Gasteiger partial charge is 0.228 e. The molecule has 6 heteroatoms. The molecule has 1 aliphatic rings. The largest absolute Gasteiger partial charge is 0.493 e. The minimum Gasteiger partial charge on any atom is -0.493 e. The first kappa shape index (κ1) is 17.1. The van der Waals surface area contributed by atoms with Crippen molar-refractivity contribution >= 4 is 11.6 Å². The summed E-state index contributed by atoms with van der Waals surface area (Å²) < 4.78 is 28.8. The van der Waals surface area contributed by atoms with Crippen LogP contribution in [0.25, 0.3) is 0 Å². The van der Waals surface area contributed by atoms with Gasteiger partial charge < -0.3 is 19.5 Å². The molecule has 2 atom stereocenters. The number of anilines is 1. The lowest BCUT2D eigenvalue weighted by molar-refractivity contribution is -0.117. The van der Waals surface area contributed by atoms with Crippen LogP contribution < -0.4 is 19.5 Å². The first-order valence-electron chi connectivity index (χ1n) is 7.93. The molecule has 0 bridgehead atoms. The molecule has 0 aromatic heterocycles. The van der Waals surface area contributed by atoms with Crippen LogP contribution in [0.2, 0.25) is 0 Å². The van der Waals surface area contributed by atoms with Crippen LogP contribution in [0.15, 0.2) is 36.4 Å². The van der Waals surface area contributed by atoms with Crippen molar-refractivity contribution in [3.8, 4) is 17.2 Å². The summed E-state index contributed by atoms with van der Waals surface area (Å²) in [6, 6.07) is 9.67. The number of carbonyl (C=O) groups excluding carboxylic acids is 1. The second-order valence-corrected chi connectivity index (χ2v) is 5.90. The van der Waals surface area contributed by atoms with Gasteiger partial charge in [0.15, 0.2) is 11.5 Å². The summed E-state index contributed by atoms with van der Waals surface area (Å²) in [7, 11) is 4.57. The monoisotopic (exact) mass is 345 g/mol. The minimum atomic E-state index is -0.275. The van der Waals surface area contributed by atoms with E-state index in [2.05, 4.69) is 5.32 Å². The molecule has 0 radical (unpaired) electrons. The Morgan fingerprint density at radius 2 is 1.64 bits per heavy atom. The fraction of sp³-hybridized carbons (Fsp3) is 0.316. The predicted molar refractivity (Wildman–Crippen MR) is 92.0 cm³/mol. The lowest BCUT2D eigenvalue weighted by Gasteiger charge is -2.14. The Balaban J connectivity index is 1.72. The quantitative estimate of drug-likeness (QED) is 0.869. The highest BCUT2D eigenvalue weighted by Crippen LogP contribution is 2.48. The van der Waals surface area contributed by atoms with Gasteiger partial charge in [-0.15, -0.1) is 0 Å². The van der Waals surface area contributed by atoms with Gasteiger partial charge in [0.2, 0.25) is 11.7 Å². The van der Waals surface area contributed by atoms with Crippen LogP contribution in [0.1, 0.15) is 17.9 Å². The maximum absolute atomic E-state index is 13.0. The summed E-state index contributed by atoms with van der Waals surface area (Å²) in [6.07, 6.45) is 0.752. The number of ether oxygens (including phenoxy) is 3. The van der Waals surface area contributed by atoms with Crippen molar-refractivity contribution in [1.82, 2.24) is 0 Å². The number of methoxy groups -OCH3 is 3. The number of rotatable bonds is 6. The topological polar surface area (TPSA) is 56.8 Å². The number of benzene rings is 2. The third-order valence-electron chi connectivity index (χ3n) is 4.36. The van der Waals surface area contributed by atoms with Crippen molar-refractivity contribution in [2.75, 3.05) is 26.6 Å². The summed E-state index contributed by atoms with van der Waals surface area (Å²) >= 11 is 0. The van der Waals surface area contributed by atoms with Gasteiger partial charge >= 0.3 is 0 Å². The zero-order valence-electron chi connectivity index (χ0n) is 14.3. The van der Waals surface area contributed by atoms with Crippen LogP contribution >= 0.6 is 0 Å². The summed E-state index contributed by atoms with van der Waals surface area (Å²) in [5, 5.41) is 2.89. The highest BCUT2D eigenvalue weighted by molar-refractivity contribution is 5.95. The van der Waals surface area contributed by atoms with Gasteiger partial charge in [0.05, 0.1) is 21.3 Å². The third-order valence-corrected chi connectivity index (χ3v) is 4.36. The number of halogens is 1. The van der Waals surface area contributed by atoms with Crippen molar-refractivity contribution < 1.29 is 23.4 Å². The van der Waals surface area contributed by atoms with E-state index in [4.69, 9.17) is 14.2 Å². The van der Waals surface area contributed by atoms with Crippen molar-refractivity contribution in [3.05, 3.63) is 47.8 Å². The van der Waals surface area contributed by atoms with Crippen LogP contribution in [0.5, 0.6) is 17.2 Å². The molecule has 2 aromatic rings. The van der Waals surface area contributed by atoms with Crippen molar-refractivity contribution in [2.24, 2.45) is 5.92 Å². The molecule has 0 saturated heterocycles. The third kappa shape index (κ3) is 3.52. The number of carbonyl (C=O) groups is 1. The molecule has 0 spiro atoms. The van der Waals surface area contributed by atoms with Crippen LogP contribution in [0.4, 0.5) is 10.1 Å². The standard InChI is InChI=1S/C19H20FNO4/c1-23-16-8-13(9-17(24-2)18(16)25-3)21-19(22)15-10-14(15)11-4-6-12(20)7-5-11/h4-9,14-15H,10H2,1-3H3,(H,21,22). The van der Waals surface area contributed by atoms with E-state index < -0.39 is 0 Å². The van der Waals surface area contributed by atoms with Crippen LogP contribution in [-0.2, 0) is 4.79 Å². The van der Waals surface area contributed by atoms with E-state index in [-0.39, 0.29) is 23.6 Å². The Hall–Kier alpha value is -2.76. The fourth-order valence-electron chi connectivity index (χ4n) is 2.95. The molecule has 2 aromatic carbocycles. The maximum atomic E-state index is 13.0. The molecule has 3 rings (SSSR count). The zero-order chi connectivity index (χ0) is 18.0. The Kier molecular flexibility index (Phi) is 4.79. The molecule has 25 heavy (non-hydrogen) atoms. The van der Waals surface area contributed by atoms with Crippen LogP contribution in [-0.4, -0.2) is 27.2 Å². The predicted octanol–water partition coefficient (Wildman–Crippen LogP) is 3.59. The Morgan fingerprint density at radius 3 is 2.16 bits per heavy atom. The average Bonchev–Trinajstić information content (AvgIpc) is 3.42. The molecular formula is C19H20FNO4. The van der Waals surface area contributed by atoms with Gasteiger partial charge in [0.25, 0.3) is 0 Å². The summed E-state index contributed by atoms with van der Waals surface area (Å²) in [5.74, 6) is 1.07. The van der Waals surface area contributed by atoms with Crippen LogP contribution in [0, 0.1) is 11.7 Å². The van der Waals surface area contributed by atoms with Crippen LogP contribution in [0.3, 0.4) is 0 Å². The zero-order valence-corrected chi connectivity index (χ0v) is 14.3. The van der Waals surface area contributed by atoms with Gasteiger partial charge in [0, 0.05) is 23.7 Å². The molecule has 5 nitrogen and oxygen atoms in total. The molecule has 1 fully saturated rings. The first-order chi connectivity index (χ1) is 12.1. The van der Waals surface area contributed by atoms with Gasteiger partial charge in [0.1, 0.15) is 5.82 Å². The SMILES string of the molecule is COc1cc(NC(=O)C2CC2c2ccc(F)cc2)cc(OC)c1OC. The highest BCUT2D eigenvalue weighted by atomic mass is 19.1. The van der Waals surface area contributed by atoms with E-state index in [1.807, 2.05) is 0 Å². The van der Waals surface area contributed by atoms with Gasteiger partial charge in [-0.25, -0.2) is 4.39 Å². The minimum absolute atomic E-state index is 0.0800. The number of hydrogen-bond acceptors (Lipinski definition) is 4. The molecule has 1 aliphatic carbocycles. The van der Waals surface area contributed by atoms with Gasteiger partial charge in [-0.05, 0) is 30.0 Å². The van der Waals surface area contributed by atoms with Gasteiger partial charge in [-0.3, -0.25) is 4.79 Å². The van der Waals surface area contributed by atoms with E-state index in [1.165, 1.54) is 33.5 Å². The second kappa shape index (κ2) is 7.01. The van der Waals surface area contributed by atoms with E-state index in [0.29, 0.717) is 22.9 Å². The first-order valence-corrected chi connectivity index (χ1v) is 7.93. The van der Waals surface area contributed by atoms with Crippen molar-refractivity contribution in [1.29, 1.82) is 0 Å². The van der Waals surface area contributed by atoms with E-state index in [9.17, 15) is 9.18 Å². The molecule has 0 aliphatic heterocycles. The highest BCUT2D eigenvalue weighted by Gasteiger charge is 2.44. The molecule has 1 amide bonds. The molecule has 2 unspecified atom stereocenters. The summed E-state index contributed by atoms with van der Waals surface area (Å²) in [5.41, 5.74) is 1.55. The normalized spacial score (nSPS) is 18.4. The average molecular weight is 345 g/mol. The van der Waals surface area contributed by atoms with Crippen molar-refractivity contribution in [3.63, 3.8) is 0 Å². The molecule has 132 valence electrons. The van der Waals surface area contributed by atoms with Gasteiger partial charge in [-0.1, -0.05) is 12.1 Å². The van der Waals surface area contributed by atoms with Gasteiger partial charge in [-0.2, -0.15) is 0 Å². The van der Waals surface area contributed by atoms with Crippen molar-refractivity contribution in [2.45, 2.75) is 12.3 Å². The molecular weight excluding hydrogens is 325 g/mol. The van der Waals surface area contributed by atoms with E-state index in [0.717, 1.165) is 12.0 Å². The Labute approximate surface area is 145 Å². The van der Waals surface area contributed by atoms with E-state index in [1.54, 1.807) is 24.3 Å². The second-order valence-electron chi connectivity index (χ2n) is 5.90. The molecule has 1 saturated carbocycles. The fourth-order valence-corrected chi connectivity index (χ4v) is 2.95. The number of hydrogen-bond donors (Lipinski definition) is 1. The number of nitrogens with one attached hydrogen (secondary N) is 1. The maximum Gasteiger partial charge on any atom is 0.228 e. The number of amides is 1. The lowest BCUT2D eigenvalue weighted by Crippen LogP contribution is -2.14. The summed E-state index contributed by atoms with van der Waals surface area (Å²) in [4.78, 5) is 12.5. The van der Waals surface area contributed by atoms with E-state index >= 15 is 0 Å². The Bertz CT molecular complexity index is 750.